The number of piperidine rings is 1. The van der Waals surface area contributed by atoms with Crippen LogP contribution in [-0.2, 0) is 9.59 Å². The van der Waals surface area contributed by atoms with Gasteiger partial charge < -0.3 is 15.1 Å². The smallest absolute Gasteiger partial charge is 0.224 e. The fourth-order valence-corrected chi connectivity index (χ4v) is 5.30. The lowest BCUT2D eigenvalue weighted by Gasteiger charge is -2.34. The number of nitrogens with one attached hydrogen (secondary N) is 1. The maximum atomic E-state index is 13.2. The van der Waals surface area contributed by atoms with Gasteiger partial charge in [0.2, 0.25) is 11.8 Å². The molecule has 3 aliphatic rings. The Balaban J connectivity index is 1.55. The van der Waals surface area contributed by atoms with E-state index in [2.05, 4.69) is 22.2 Å². The number of carbonyl (C=O) groups excluding carboxylic acids is 2. The number of likely N-dealkylation sites (tertiary alicyclic amines) is 2. The molecule has 3 aliphatic heterocycles. The van der Waals surface area contributed by atoms with Gasteiger partial charge in [0.15, 0.2) is 0 Å². The van der Waals surface area contributed by atoms with Crippen LogP contribution in [-0.4, -0.2) is 64.9 Å². The average Bonchev–Trinajstić information content (AvgIpc) is 2.96. The highest BCUT2D eigenvalue weighted by atomic mass is 16.2. The first-order valence-electron chi connectivity index (χ1n) is 10.8. The predicted molar refractivity (Wildman–Crippen MR) is 108 cm³/mol. The van der Waals surface area contributed by atoms with E-state index in [4.69, 9.17) is 0 Å². The summed E-state index contributed by atoms with van der Waals surface area (Å²) in [6.07, 6.45) is 9.34. The van der Waals surface area contributed by atoms with Crippen LogP contribution in [0, 0.1) is 0 Å². The maximum Gasteiger partial charge on any atom is 0.224 e. The van der Waals surface area contributed by atoms with Gasteiger partial charge in [-0.15, -0.1) is 0 Å². The summed E-state index contributed by atoms with van der Waals surface area (Å²) in [5.74, 6) is 0.388. The highest BCUT2D eigenvalue weighted by Gasteiger charge is 2.50. The van der Waals surface area contributed by atoms with Crippen molar-refractivity contribution in [3.05, 3.63) is 30.1 Å². The number of rotatable bonds is 3. The lowest BCUT2D eigenvalue weighted by Crippen LogP contribution is -2.53. The summed E-state index contributed by atoms with van der Waals surface area (Å²) in [4.78, 5) is 34.5. The van der Waals surface area contributed by atoms with Crippen LogP contribution in [0.1, 0.15) is 63.0 Å². The van der Waals surface area contributed by atoms with E-state index >= 15 is 0 Å². The summed E-state index contributed by atoms with van der Waals surface area (Å²) in [6.45, 7) is 2.33. The van der Waals surface area contributed by atoms with E-state index in [1.165, 1.54) is 12.8 Å². The molecular formula is C22H32N4O2. The molecular weight excluding hydrogens is 352 g/mol. The zero-order chi connectivity index (χ0) is 19.6. The predicted octanol–water partition coefficient (Wildman–Crippen LogP) is 2.31. The van der Waals surface area contributed by atoms with Gasteiger partial charge in [0.05, 0.1) is 5.54 Å². The minimum atomic E-state index is -0.379. The molecule has 0 radical (unpaired) electrons. The van der Waals surface area contributed by atoms with Gasteiger partial charge >= 0.3 is 0 Å². The Labute approximate surface area is 167 Å². The molecule has 4 heterocycles. The summed E-state index contributed by atoms with van der Waals surface area (Å²) in [6, 6.07) is 6.29. The summed E-state index contributed by atoms with van der Waals surface area (Å²) in [7, 11) is 2.13. The number of pyridine rings is 1. The number of hydrogen-bond donors (Lipinski definition) is 1. The Morgan fingerprint density at radius 2 is 2.18 bits per heavy atom. The molecule has 28 heavy (non-hydrogen) atoms. The fraction of sp³-hybridized carbons (Fsp3) is 0.682. The number of nitrogens with zero attached hydrogens (tertiary/aromatic N) is 3. The lowest BCUT2D eigenvalue weighted by atomic mass is 9.81. The molecule has 152 valence electrons. The van der Waals surface area contributed by atoms with E-state index in [9.17, 15) is 9.59 Å². The van der Waals surface area contributed by atoms with Crippen LogP contribution in [0.4, 0.5) is 0 Å². The second-order valence-electron chi connectivity index (χ2n) is 8.83. The quantitative estimate of drug-likeness (QED) is 0.869. The summed E-state index contributed by atoms with van der Waals surface area (Å²) in [5, 5.41) is 3.32. The van der Waals surface area contributed by atoms with Gasteiger partial charge in [0, 0.05) is 49.8 Å². The van der Waals surface area contributed by atoms with Crippen molar-refractivity contribution >= 4 is 11.8 Å². The first kappa shape index (κ1) is 19.4. The van der Waals surface area contributed by atoms with Crippen molar-refractivity contribution in [1.29, 1.82) is 0 Å². The monoisotopic (exact) mass is 384 g/mol. The molecule has 6 nitrogen and oxygen atoms in total. The number of aromatic nitrogens is 1. The third-order valence-electron chi connectivity index (χ3n) is 6.94. The SMILES string of the molecule is CN1CCCC[C@H]1CC(=O)N1C[C@@H](c2ccccn2)[C@@]2(CCCCC(=O)N2)C1. The second-order valence-corrected chi connectivity index (χ2v) is 8.83. The topological polar surface area (TPSA) is 65.5 Å². The zero-order valence-electron chi connectivity index (χ0n) is 16.9. The average molecular weight is 385 g/mol. The van der Waals surface area contributed by atoms with Crippen molar-refractivity contribution in [2.75, 3.05) is 26.7 Å². The van der Waals surface area contributed by atoms with E-state index in [-0.39, 0.29) is 23.3 Å². The Bertz CT molecular complexity index is 710. The van der Waals surface area contributed by atoms with Gasteiger partial charge in [-0.05, 0) is 51.4 Å². The van der Waals surface area contributed by atoms with Crippen molar-refractivity contribution in [3.63, 3.8) is 0 Å². The molecule has 0 aliphatic carbocycles. The zero-order valence-corrected chi connectivity index (χ0v) is 16.9. The van der Waals surface area contributed by atoms with E-state index in [1.54, 1.807) is 0 Å². The molecule has 3 saturated heterocycles. The largest absolute Gasteiger partial charge is 0.348 e. The van der Waals surface area contributed by atoms with Crippen LogP contribution in [0.15, 0.2) is 24.4 Å². The molecule has 2 amide bonds. The molecule has 0 unspecified atom stereocenters. The van der Waals surface area contributed by atoms with Gasteiger partial charge in [-0.25, -0.2) is 0 Å². The molecule has 3 atom stereocenters. The molecule has 3 fully saturated rings. The summed E-state index contributed by atoms with van der Waals surface area (Å²) in [5.41, 5.74) is 0.602. The van der Waals surface area contributed by atoms with Crippen molar-refractivity contribution in [2.24, 2.45) is 0 Å². The molecule has 1 aromatic heterocycles. The third-order valence-corrected chi connectivity index (χ3v) is 6.94. The second kappa shape index (κ2) is 8.19. The van der Waals surface area contributed by atoms with E-state index in [0.29, 0.717) is 32.0 Å². The van der Waals surface area contributed by atoms with Crippen molar-refractivity contribution in [1.82, 2.24) is 20.1 Å². The van der Waals surface area contributed by atoms with Crippen molar-refractivity contribution < 1.29 is 9.59 Å². The summed E-state index contributed by atoms with van der Waals surface area (Å²) < 4.78 is 0. The molecule has 0 aromatic carbocycles. The lowest BCUT2D eigenvalue weighted by molar-refractivity contribution is -0.132. The molecule has 6 heteroatoms. The highest BCUT2D eigenvalue weighted by molar-refractivity contribution is 5.80. The molecule has 1 aromatic rings. The first-order chi connectivity index (χ1) is 13.6. The first-order valence-corrected chi connectivity index (χ1v) is 10.8. The van der Waals surface area contributed by atoms with Crippen LogP contribution in [0.25, 0.3) is 0 Å². The molecule has 0 saturated carbocycles. The third kappa shape index (κ3) is 3.93. The van der Waals surface area contributed by atoms with Crippen LogP contribution in [0.3, 0.4) is 0 Å². The Kier molecular flexibility index (Phi) is 5.67. The molecule has 1 N–H and O–H groups in total. The molecule has 1 spiro atoms. The summed E-state index contributed by atoms with van der Waals surface area (Å²) >= 11 is 0. The Morgan fingerprint density at radius 3 is 2.96 bits per heavy atom. The normalized spacial score (nSPS) is 31.6. The van der Waals surface area contributed by atoms with Gasteiger partial charge in [0.1, 0.15) is 0 Å². The minimum absolute atomic E-state index is 0.0591. The minimum Gasteiger partial charge on any atom is -0.348 e. The van der Waals surface area contributed by atoms with Gasteiger partial charge in [-0.2, -0.15) is 0 Å². The standard InChI is InChI=1S/C22H32N4O2/c1-25-13-7-4-8-17(25)14-21(28)26-15-18(19-9-3-6-12-23-19)22(16-26)11-5-2-10-20(27)24-22/h3,6,9,12,17-18H,2,4-5,7-8,10-11,13-16H2,1H3,(H,24,27)/t17-,18-,22+/m0/s1. The van der Waals surface area contributed by atoms with Crippen LogP contribution < -0.4 is 5.32 Å². The molecule has 4 rings (SSSR count). The van der Waals surface area contributed by atoms with Gasteiger partial charge in [-0.3, -0.25) is 14.6 Å². The van der Waals surface area contributed by atoms with Crippen molar-refractivity contribution in [2.45, 2.75) is 68.9 Å². The van der Waals surface area contributed by atoms with E-state index in [0.717, 1.165) is 37.9 Å². The Hall–Kier alpha value is -1.95. The maximum absolute atomic E-state index is 13.2. The Morgan fingerprint density at radius 1 is 1.29 bits per heavy atom. The van der Waals surface area contributed by atoms with E-state index < -0.39 is 0 Å². The number of amides is 2. The fourth-order valence-electron chi connectivity index (χ4n) is 5.30. The van der Waals surface area contributed by atoms with E-state index in [1.807, 2.05) is 29.3 Å². The highest BCUT2D eigenvalue weighted by Crippen LogP contribution is 2.40. The van der Waals surface area contributed by atoms with Crippen molar-refractivity contribution in [3.8, 4) is 0 Å². The molecule has 0 bridgehead atoms. The van der Waals surface area contributed by atoms with Gasteiger partial charge in [-0.1, -0.05) is 18.9 Å². The van der Waals surface area contributed by atoms with Crippen LogP contribution >= 0.6 is 0 Å². The van der Waals surface area contributed by atoms with Crippen LogP contribution in [0.2, 0.25) is 0 Å². The number of hydrogen-bond acceptors (Lipinski definition) is 4. The number of carbonyl (C=O) groups is 2. The van der Waals surface area contributed by atoms with Crippen LogP contribution in [0.5, 0.6) is 0 Å². The van der Waals surface area contributed by atoms with Gasteiger partial charge in [0.25, 0.3) is 0 Å².